The standard InChI is InChI=1S/C21H27N5O/c1-26(2)20-13-11-19(12-14-20)25-24-18-7-3-15(4-8-18)21(27)23-17-9-5-16(22)6-10-17/h3-4,7-8,11-14,16-17H,5-6,9-10,22H2,1-2H3,(H,23,27)/b25-24+. The average Bonchev–Trinajstić information content (AvgIpc) is 2.69. The largest absolute Gasteiger partial charge is 0.378 e. The molecule has 27 heavy (non-hydrogen) atoms. The minimum absolute atomic E-state index is 0.0433. The van der Waals surface area contributed by atoms with Gasteiger partial charge in [0.2, 0.25) is 0 Å². The maximum atomic E-state index is 12.4. The van der Waals surface area contributed by atoms with Gasteiger partial charge in [-0.15, -0.1) is 0 Å². The third-order valence-electron chi connectivity index (χ3n) is 4.88. The maximum Gasteiger partial charge on any atom is 0.251 e. The molecular formula is C21H27N5O. The number of nitrogens with zero attached hydrogens (tertiary/aromatic N) is 3. The number of anilines is 1. The van der Waals surface area contributed by atoms with Crippen LogP contribution in [0.25, 0.3) is 0 Å². The van der Waals surface area contributed by atoms with E-state index >= 15 is 0 Å². The van der Waals surface area contributed by atoms with Gasteiger partial charge in [-0.3, -0.25) is 4.79 Å². The van der Waals surface area contributed by atoms with Gasteiger partial charge in [-0.05, 0) is 74.2 Å². The highest BCUT2D eigenvalue weighted by Crippen LogP contribution is 2.22. The lowest BCUT2D eigenvalue weighted by Gasteiger charge is -2.26. The molecule has 142 valence electrons. The molecule has 0 radical (unpaired) electrons. The van der Waals surface area contributed by atoms with Gasteiger partial charge in [0.15, 0.2) is 0 Å². The quantitative estimate of drug-likeness (QED) is 0.780. The maximum absolute atomic E-state index is 12.4. The average molecular weight is 365 g/mol. The van der Waals surface area contributed by atoms with Crippen molar-refractivity contribution in [2.75, 3.05) is 19.0 Å². The molecule has 2 aromatic rings. The zero-order valence-electron chi connectivity index (χ0n) is 15.9. The number of nitrogens with one attached hydrogen (secondary N) is 1. The summed E-state index contributed by atoms with van der Waals surface area (Å²) in [6.07, 6.45) is 3.84. The van der Waals surface area contributed by atoms with Gasteiger partial charge in [-0.25, -0.2) is 0 Å². The highest BCUT2D eigenvalue weighted by Gasteiger charge is 2.20. The minimum atomic E-state index is -0.0433. The van der Waals surface area contributed by atoms with Crippen molar-refractivity contribution >= 4 is 23.0 Å². The van der Waals surface area contributed by atoms with Crippen LogP contribution >= 0.6 is 0 Å². The summed E-state index contributed by atoms with van der Waals surface area (Å²) < 4.78 is 0. The molecule has 0 aromatic heterocycles. The summed E-state index contributed by atoms with van der Waals surface area (Å²) in [5, 5.41) is 11.6. The molecule has 1 aliphatic carbocycles. The van der Waals surface area contributed by atoms with Crippen molar-refractivity contribution in [1.29, 1.82) is 0 Å². The summed E-state index contributed by atoms with van der Waals surface area (Å²) in [5.74, 6) is -0.0433. The molecule has 1 amide bonds. The van der Waals surface area contributed by atoms with Gasteiger partial charge in [0.05, 0.1) is 11.4 Å². The second-order valence-electron chi connectivity index (χ2n) is 7.24. The van der Waals surface area contributed by atoms with Crippen LogP contribution in [0, 0.1) is 0 Å². The third kappa shape index (κ3) is 5.37. The Balaban J connectivity index is 1.57. The highest BCUT2D eigenvalue weighted by molar-refractivity contribution is 5.94. The van der Waals surface area contributed by atoms with Crippen LogP contribution in [0.4, 0.5) is 17.1 Å². The topological polar surface area (TPSA) is 83.1 Å². The molecular weight excluding hydrogens is 338 g/mol. The predicted octanol–water partition coefficient (Wildman–Crippen LogP) is 4.17. The van der Waals surface area contributed by atoms with Crippen LogP contribution in [0.5, 0.6) is 0 Å². The van der Waals surface area contributed by atoms with Gasteiger partial charge in [-0.1, -0.05) is 0 Å². The van der Waals surface area contributed by atoms with Crippen LogP contribution < -0.4 is 16.0 Å². The smallest absolute Gasteiger partial charge is 0.251 e. The lowest BCUT2D eigenvalue weighted by molar-refractivity contribution is 0.0926. The molecule has 3 N–H and O–H groups in total. The second kappa shape index (κ2) is 8.77. The first-order valence-corrected chi connectivity index (χ1v) is 9.37. The van der Waals surface area contributed by atoms with E-state index in [-0.39, 0.29) is 18.0 Å². The molecule has 0 atom stereocenters. The number of carbonyl (C=O) groups excluding carboxylic acids is 1. The van der Waals surface area contributed by atoms with Gasteiger partial charge in [-0.2, -0.15) is 10.2 Å². The van der Waals surface area contributed by atoms with Crippen LogP contribution in [0.1, 0.15) is 36.0 Å². The Morgan fingerprint density at radius 1 is 0.926 bits per heavy atom. The van der Waals surface area contributed by atoms with Gasteiger partial charge in [0.1, 0.15) is 0 Å². The monoisotopic (exact) mass is 365 g/mol. The number of amides is 1. The van der Waals surface area contributed by atoms with Gasteiger partial charge >= 0.3 is 0 Å². The molecule has 0 aliphatic heterocycles. The Morgan fingerprint density at radius 2 is 1.44 bits per heavy atom. The van der Waals surface area contributed by atoms with E-state index in [1.165, 1.54) is 0 Å². The second-order valence-corrected chi connectivity index (χ2v) is 7.24. The number of hydrogen-bond acceptors (Lipinski definition) is 5. The molecule has 2 aromatic carbocycles. The molecule has 1 saturated carbocycles. The minimum Gasteiger partial charge on any atom is -0.378 e. The van der Waals surface area contributed by atoms with E-state index in [4.69, 9.17) is 5.73 Å². The van der Waals surface area contributed by atoms with Crippen molar-refractivity contribution < 1.29 is 4.79 Å². The highest BCUT2D eigenvalue weighted by atomic mass is 16.1. The van der Waals surface area contributed by atoms with Crippen molar-refractivity contribution in [2.45, 2.75) is 37.8 Å². The van der Waals surface area contributed by atoms with Crippen LogP contribution in [-0.4, -0.2) is 32.1 Å². The van der Waals surface area contributed by atoms with Gasteiger partial charge in [0.25, 0.3) is 5.91 Å². The lowest BCUT2D eigenvalue weighted by Crippen LogP contribution is -2.40. The first-order chi connectivity index (χ1) is 13.0. The van der Waals surface area contributed by atoms with E-state index in [0.717, 1.165) is 37.1 Å². The Labute approximate surface area is 160 Å². The molecule has 0 heterocycles. The van der Waals surface area contributed by atoms with Crippen LogP contribution in [0.3, 0.4) is 0 Å². The third-order valence-corrected chi connectivity index (χ3v) is 4.88. The molecule has 0 bridgehead atoms. The summed E-state index contributed by atoms with van der Waals surface area (Å²) in [5.41, 5.74) is 9.17. The first kappa shape index (κ1) is 19.0. The fraction of sp³-hybridized carbons (Fsp3) is 0.381. The number of hydrogen-bond donors (Lipinski definition) is 2. The summed E-state index contributed by atoms with van der Waals surface area (Å²) in [6, 6.07) is 15.5. The molecule has 3 rings (SSSR count). The van der Waals surface area contributed by atoms with E-state index in [0.29, 0.717) is 11.3 Å². The number of nitrogens with two attached hydrogens (primary N) is 1. The summed E-state index contributed by atoms with van der Waals surface area (Å²) in [6.45, 7) is 0. The van der Waals surface area contributed by atoms with Gasteiger partial charge < -0.3 is 16.0 Å². The summed E-state index contributed by atoms with van der Waals surface area (Å²) in [4.78, 5) is 14.4. The summed E-state index contributed by atoms with van der Waals surface area (Å²) >= 11 is 0. The van der Waals surface area contributed by atoms with E-state index in [9.17, 15) is 4.79 Å². The molecule has 1 aliphatic rings. The SMILES string of the molecule is CN(C)c1ccc(/N=N/c2ccc(C(=O)NC3CCC(N)CC3)cc2)cc1. The fourth-order valence-corrected chi connectivity index (χ4v) is 3.14. The van der Waals surface area contributed by atoms with E-state index in [2.05, 4.69) is 15.5 Å². The number of rotatable bonds is 5. The molecule has 1 fully saturated rings. The molecule has 0 unspecified atom stereocenters. The van der Waals surface area contributed by atoms with Crippen molar-refractivity contribution in [3.8, 4) is 0 Å². The Hall–Kier alpha value is -2.73. The van der Waals surface area contributed by atoms with Crippen molar-refractivity contribution in [3.05, 3.63) is 54.1 Å². The molecule has 6 heteroatoms. The number of azo groups is 1. The fourth-order valence-electron chi connectivity index (χ4n) is 3.14. The molecule has 0 spiro atoms. The van der Waals surface area contributed by atoms with Crippen LogP contribution in [0.2, 0.25) is 0 Å². The zero-order chi connectivity index (χ0) is 19.2. The van der Waals surface area contributed by atoms with Gasteiger partial charge in [0, 0.05) is 37.4 Å². The van der Waals surface area contributed by atoms with Crippen molar-refractivity contribution in [1.82, 2.24) is 5.32 Å². The Bertz CT molecular complexity index is 775. The predicted molar refractivity (Wildman–Crippen MR) is 109 cm³/mol. The van der Waals surface area contributed by atoms with E-state index in [1.807, 2.05) is 55.4 Å². The van der Waals surface area contributed by atoms with Crippen LogP contribution in [0.15, 0.2) is 58.8 Å². The lowest BCUT2D eigenvalue weighted by atomic mass is 9.91. The normalized spacial score (nSPS) is 19.8. The van der Waals surface area contributed by atoms with Crippen molar-refractivity contribution in [3.63, 3.8) is 0 Å². The van der Waals surface area contributed by atoms with E-state index < -0.39 is 0 Å². The molecule has 6 nitrogen and oxygen atoms in total. The summed E-state index contributed by atoms with van der Waals surface area (Å²) in [7, 11) is 3.99. The van der Waals surface area contributed by atoms with Crippen LogP contribution in [-0.2, 0) is 0 Å². The Morgan fingerprint density at radius 3 is 1.96 bits per heavy atom. The Kier molecular flexibility index (Phi) is 6.19. The first-order valence-electron chi connectivity index (χ1n) is 9.37. The number of carbonyl (C=O) groups is 1. The number of benzene rings is 2. The molecule has 0 saturated heterocycles. The van der Waals surface area contributed by atoms with Crippen molar-refractivity contribution in [2.24, 2.45) is 16.0 Å². The van der Waals surface area contributed by atoms with E-state index in [1.54, 1.807) is 12.1 Å². The zero-order valence-corrected chi connectivity index (χ0v) is 15.9.